The van der Waals surface area contributed by atoms with Crippen LogP contribution in [0.15, 0.2) is 46.1 Å². The third kappa shape index (κ3) is 3.57. The van der Waals surface area contributed by atoms with Gasteiger partial charge >= 0.3 is 5.69 Å². The zero-order chi connectivity index (χ0) is 20.5. The van der Waals surface area contributed by atoms with Crippen molar-refractivity contribution in [3.8, 4) is 0 Å². The molecule has 2 heterocycles. The molecule has 3 rings (SSSR count). The minimum atomic E-state index is -1.06. The predicted octanol–water partition coefficient (Wildman–Crippen LogP) is 2.12. The number of aromatic amines is 1. The molecule has 0 saturated carbocycles. The Morgan fingerprint density at radius 1 is 1.29 bits per heavy atom. The van der Waals surface area contributed by atoms with Gasteiger partial charge in [0.15, 0.2) is 6.23 Å². The number of benzene rings is 1. The molecule has 1 aliphatic heterocycles. The van der Waals surface area contributed by atoms with Crippen LogP contribution in [0, 0.1) is 12.8 Å². The Labute approximate surface area is 163 Å². The van der Waals surface area contributed by atoms with Crippen LogP contribution in [-0.4, -0.2) is 32.5 Å². The molecule has 7 nitrogen and oxygen atoms in total. The average Bonchev–Trinajstić information content (AvgIpc) is 2.97. The normalized spacial score (nSPS) is 27.4. The largest absolute Gasteiger partial charge is 0.386 e. The summed E-state index contributed by atoms with van der Waals surface area (Å²) in [4.78, 5) is 26.3. The number of ether oxygens (including phenoxy) is 2. The van der Waals surface area contributed by atoms with Crippen molar-refractivity contribution in [2.75, 3.05) is 0 Å². The van der Waals surface area contributed by atoms with Crippen LogP contribution in [0.3, 0.4) is 0 Å². The molecule has 1 aliphatic rings. The first-order chi connectivity index (χ1) is 13.3. The van der Waals surface area contributed by atoms with E-state index in [2.05, 4.69) is 4.98 Å². The van der Waals surface area contributed by atoms with Crippen LogP contribution in [0.1, 0.15) is 44.5 Å². The summed E-state index contributed by atoms with van der Waals surface area (Å²) in [6.07, 6.45) is -0.591. The van der Waals surface area contributed by atoms with E-state index in [-0.39, 0.29) is 5.92 Å². The van der Waals surface area contributed by atoms with E-state index in [9.17, 15) is 14.7 Å². The van der Waals surface area contributed by atoms with Crippen LogP contribution >= 0.6 is 0 Å². The van der Waals surface area contributed by atoms with Gasteiger partial charge in [-0.3, -0.25) is 14.3 Å². The minimum absolute atomic E-state index is 0.0393. The Kier molecular flexibility index (Phi) is 5.88. The van der Waals surface area contributed by atoms with Crippen LogP contribution in [0.5, 0.6) is 0 Å². The molecule has 0 spiro atoms. The molecule has 0 bridgehead atoms. The summed E-state index contributed by atoms with van der Waals surface area (Å²) in [5, 5.41) is 11.1. The first-order valence-electron chi connectivity index (χ1n) is 9.63. The Balaban J connectivity index is 1.96. The molecule has 0 amide bonds. The monoisotopic (exact) mass is 388 g/mol. The van der Waals surface area contributed by atoms with Crippen molar-refractivity contribution in [3.63, 3.8) is 0 Å². The predicted molar refractivity (Wildman–Crippen MR) is 105 cm³/mol. The summed E-state index contributed by atoms with van der Waals surface area (Å²) in [5.41, 5.74) is -0.462. The lowest BCUT2D eigenvalue weighted by atomic mass is 9.82. The van der Waals surface area contributed by atoms with E-state index in [0.717, 1.165) is 5.56 Å². The molecular weight excluding hydrogens is 360 g/mol. The highest BCUT2D eigenvalue weighted by atomic mass is 16.6. The maximum Gasteiger partial charge on any atom is 0.330 e. The van der Waals surface area contributed by atoms with Gasteiger partial charge in [-0.2, -0.15) is 0 Å². The van der Waals surface area contributed by atoms with Crippen LogP contribution < -0.4 is 11.2 Å². The number of aliphatic hydroxyl groups is 1. The van der Waals surface area contributed by atoms with Crippen molar-refractivity contribution >= 4 is 0 Å². The number of H-pyrrole nitrogens is 1. The first kappa shape index (κ1) is 20.5. The standard InChI is InChI=1S/C21H28N2O5/c1-5-21(13(2)3)17(27-12-15-9-7-6-8-10-15)16(24)19(28-21)23-11-14(4)18(25)22-20(23)26/h6-11,13,16-17,19,24H,5,12H2,1-4H3,(H,22,25,26)/t16?,17-,19-,21+/m1/s1. The van der Waals surface area contributed by atoms with Crippen molar-refractivity contribution in [2.45, 2.75) is 64.8 Å². The van der Waals surface area contributed by atoms with Gasteiger partial charge in [0.2, 0.25) is 0 Å². The third-order valence-corrected chi connectivity index (χ3v) is 5.65. The van der Waals surface area contributed by atoms with Gasteiger partial charge < -0.3 is 14.6 Å². The Bertz CT molecular complexity index is 920. The fourth-order valence-corrected chi connectivity index (χ4v) is 3.95. The summed E-state index contributed by atoms with van der Waals surface area (Å²) in [7, 11) is 0. The number of nitrogens with zero attached hydrogens (tertiary/aromatic N) is 1. The van der Waals surface area contributed by atoms with Crippen molar-refractivity contribution in [2.24, 2.45) is 5.92 Å². The first-order valence-corrected chi connectivity index (χ1v) is 9.63. The van der Waals surface area contributed by atoms with Gasteiger partial charge in [-0.25, -0.2) is 4.79 Å². The fourth-order valence-electron chi connectivity index (χ4n) is 3.95. The van der Waals surface area contributed by atoms with Crippen molar-refractivity contribution in [1.82, 2.24) is 9.55 Å². The van der Waals surface area contributed by atoms with E-state index in [1.54, 1.807) is 6.92 Å². The molecule has 0 radical (unpaired) electrons. The van der Waals surface area contributed by atoms with E-state index < -0.39 is 35.3 Å². The molecule has 1 fully saturated rings. The number of hydrogen-bond acceptors (Lipinski definition) is 5. The lowest BCUT2D eigenvalue weighted by molar-refractivity contribution is -0.148. The third-order valence-electron chi connectivity index (χ3n) is 5.65. The summed E-state index contributed by atoms with van der Waals surface area (Å²) in [5.74, 6) is 0.0393. The maximum atomic E-state index is 12.4. The second kappa shape index (κ2) is 8.03. The fraction of sp³-hybridized carbons (Fsp3) is 0.524. The molecule has 2 aromatic rings. The molecule has 1 unspecified atom stereocenters. The highest BCUT2D eigenvalue weighted by Gasteiger charge is 2.57. The van der Waals surface area contributed by atoms with E-state index >= 15 is 0 Å². The lowest BCUT2D eigenvalue weighted by Gasteiger charge is -2.37. The number of nitrogens with one attached hydrogen (secondary N) is 1. The van der Waals surface area contributed by atoms with E-state index in [1.807, 2.05) is 51.1 Å². The van der Waals surface area contributed by atoms with Gasteiger partial charge in [-0.15, -0.1) is 0 Å². The van der Waals surface area contributed by atoms with Gasteiger partial charge in [0.1, 0.15) is 17.8 Å². The zero-order valence-corrected chi connectivity index (χ0v) is 16.7. The second-order valence-corrected chi connectivity index (χ2v) is 7.66. The van der Waals surface area contributed by atoms with Gasteiger partial charge in [0, 0.05) is 11.8 Å². The quantitative estimate of drug-likeness (QED) is 0.791. The van der Waals surface area contributed by atoms with Crippen LogP contribution in [0.2, 0.25) is 0 Å². The number of aliphatic hydroxyl groups excluding tert-OH is 1. The molecule has 28 heavy (non-hydrogen) atoms. The molecular formula is C21H28N2O5. The molecule has 0 aliphatic carbocycles. The number of hydrogen-bond donors (Lipinski definition) is 2. The van der Waals surface area contributed by atoms with Crippen molar-refractivity contribution < 1.29 is 14.6 Å². The molecule has 1 aromatic heterocycles. The van der Waals surface area contributed by atoms with Crippen molar-refractivity contribution in [1.29, 1.82) is 0 Å². The molecule has 1 saturated heterocycles. The second-order valence-electron chi connectivity index (χ2n) is 7.66. The van der Waals surface area contributed by atoms with Crippen LogP contribution in [0.25, 0.3) is 0 Å². The topological polar surface area (TPSA) is 93.6 Å². The molecule has 7 heteroatoms. The van der Waals surface area contributed by atoms with E-state index in [4.69, 9.17) is 9.47 Å². The van der Waals surface area contributed by atoms with Gasteiger partial charge in [-0.1, -0.05) is 51.1 Å². The summed E-state index contributed by atoms with van der Waals surface area (Å²) in [6, 6.07) is 9.71. The van der Waals surface area contributed by atoms with Gasteiger partial charge in [0.05, 0.1) is 6.61 Å². The number of aromatic nitrogens is 2. The minimum Gasteiger partial charge on any atom is -0.386 e. The van der Waals surface area contributed by atoms with Gasteiger partial charge in [-0.05, 0) is 24.8 Å². The Morgan fingerprint density at radius 3 is 2.57 bits per heavy atom. The average molecular weight is 388 g/mol. The van der Waals surface area contributed by atoms with Crippen LogP contribution in [0.4, 0.5) is 0 Å². The molecule has 2 N–H and O–H groups in total. The van der Waals surface area contributed by atoms with Crippen LogP contribution in [-0.2, 0) is 16.1 Å². The van der Waals surface area contributed by atoms with Crippen molar-refractivity contribution in [3.05, 3.63) is 68.5 Å². The van der Waals surface area contributed by atoms with Gasteiger partial charge in [0.25, 0.3) is 5.56 Å². The number of aryl methyl sites for hydroxylation is 1. The highest BCUT2D eigenvalue weighted by molar-refractivity contribution is 5.14. The summed E-state index contributed by atoms with van der Waals surface area (Å²) >= 11 is 0. The maximum absolute atomic E-state index is 12.4. The molecule has 152 valence electrons. The lowest BCUT2D eigenvalue weighted by Crippen LogP contribution is -2.48. The smallest absolute Gasteiger partial charge is 0.330 e. The number of rotatable bonds is 6. The van der Waals surface area contributed by atoms with E-state index in [1.165, 1.54) is 10.8 Å². The zero-order valence-electron chi connectivity index (χ0n) is 16.7. The molecule has 1 aromatic carbocycles. The van der Waals surface area contributed by atoms with E-state index in [0.29, 0.717) is 18.6 Å². The highest BCUT2D eigenvalue weighted by Crippen LogP contribution is 2.45. The Hall–Kier alpha value is -2.22. The SMILES string of the molecule is CC[C@@]1(C(C)C)O[C@@H](n2cc(C)c(=O)[nH]c2=O)C(O)[C@H]1OCc1ccccc1. The Morgan fingerprint density at radius 2 is 1.96 bits per heavy atom. The molecule has 4 atom stereocenters. The summed E-state index contributed by atoms with van der Waals surface area (Å²) in [6.45, 7) is 7.94. The summed E-state index contributed by atoms with van der Waals surface area (Å²) < 4.78 is 13.7.